The number of hydrogen-bond donors (Lipinski definition) is 1. The fraction of sp³-hybridized carbons (Fsp3) is 0.161. The van der Waals surface area contributed by atoms with Crippen LogP contribution in [0.25, 0.3) is 10.8 Å². The molecule has 5 rings (SSSR count). The zero-order chi connectivity index (χ0) is 24.9. The summed E-state index contributed by atoms with van der Waals surface area (Å²) >= 11 is 0. The average Bonchev–Trinajstić information content (AvgIpc) is 3.34. The van der Waals surface area contributed by atoms with Gasteiger partial charge in [0.1, 0.15) is 12.4 Å². The van der Waals surface area contributed by atoms with Crippen molar-refractivity contribution in [3.63, 3.8) is 0 Å². The summed E-state index contributed by atoms with van der Waals surface area (Å²) in [6, 6.07) is 30.2. The van der Waals surface area contributed by atoms with Crippen LogP contribution in [0.5, 0.6) is 5.75 Å². The second-order valence-corrected chi connectivity index (χ2v) is 9.23. The van der Waals surface area contributed by atoms with Gasteiger partial charge in [-0.3, -0.25) is 9.48 Å². The first-order valence-corrected chi connectivity index (χ1v) is 12.2. The number of carbonyl (C=O) groups is 1. The van der Waals surface area contributed by atoms with Gasteiger partial charge in [-0.1, -0.05) is 80.6 Å². The first kappa shape index (κ1) is 23.4. The standard InChI is InChI=1S/C31H29N3O2/c1-22(2)24-13-15-29(16-14-24)36-21-23-7-5-10-26(17-23)31(35)33-28-18-32-34(20-28)19-27-11-6-9-25-8-3-4-12-30(25)27/h3-18,20,22H,19,21H2,1-2H3,(H,33,35). The van der Waals surface area contributed by atoms with Crippen molar-refractivity contribution in [2.24, 2.45) is 0 Å². The van der Waals surface area contributed by atoms with Crippen molar-refractivity contribution in [1.82, 2.24) is 9.78 Å². The quantitative estimate of drug-likeness (QED) is 0.262. The third kappa shape index (κ3) is 5.47. The molecule has 0 bridgehead atoms. The number of rotatable bonds is 8. The lowest BCUT2D eigenvalue weighted by Gasteiger charge is -2.10. The van der Waals surface area contributed by atoms with Crippen molar-refractivity contribution in [1.29, 1.82) is 0 Å². The summed E-state index contributed by atoms with van der Waals surface area (Å²) < 4.78 is 7.76. The number of ether oxygens (including phenoxy) is 1. The van der Waals surface area contributed by atoms with Crippen LogP contribution in [0.4, 0.5) is 5.69 Å². The van der Waals surface area contributed by atoms with E-state index in [2.05, 4.69) is 66.7 Å². The Labute approximate surface area is 211 Å². The predicted molar refractivity (Wildman–Crippen MR) is 145 cm³/mol. The molecule has 1 amide bonds. The van der Waals surface area contributed by atoms with Gasteiger partial charge < -0.3 is 10.1 Å². The Kier molecular flexibility index (Phi) is 6.80. The number of aromatic nitrogens is 2. The first-order valence-electron chi connectivity index (χ1n) is 12.2. The lowest BCUT2D eigenvalue weighted by atomic mass is 10.0. The Morgan fingerprint density at radius 3 is 2.56 bits per heavy atom. The summed E-state index contributed by atoms with van der Waals surface area (Å²) in [5.74, 6) is 1.12. The van der Waals surface area contributed by atoms with E-state index in [9.17, 15) is 4.79 Å². The molecule has 5 nitrogen and oxygen atoms in total. The van der Waals surface area contributed by atoms with Crippen molar-refractivity contribution in [3.05, 3.63) is 126 Å². The van der Waals surface area contributed by atoms with Crippen molar-refractivity contribution >= 4 is 22.4 Å². The number of nitrogens with zero attached hydrogens (tertiary/aromatic N) is 2. The summed E-state index contributed by atoms with van der Waals surface area (Å²) in [4.78, 5) is 12.9. The summed E-state index contributed by atoms with van der Waals surface area (Å²) in [5, 5.41) is 9.81. The van der Waals surface area contributed by atoms with Crippen LogP contribution in [0.3, 0.4) is 0 Å². The van der Waals surface area contributed by atoms with Crippen LogP contribution in [0.1, 0.15) is 46.8 Å². The molecule has 0 unspecified atom stereocenters. The maximum atomic E-state index is 12.9. The van der Waals surface area contributed by atoms with Gasteiger partial charge in [-0.25, -0.2) is 0 Å². The van der Waals surface area contributed by atoms with Gasteiger partial charge in [0.15, 0.2) is 0 Å². The largest absolute Gasteiger partial charge is 0.489 e. The Morgan fingerprint density at radius 2 is 1.72 bits per heavy atom. The van der Waals surface area contributed by atoms with Gasteiger partial charge >= 0.3 is 0 Å². The van der Waals surface area contributed by atoms with E-state index in [0.29, 0.717) is 30.3 Å². The van der Waals surface area contributed by atoms with Crippen LogP contribution in [0.15, 0.2) is 103 Å². The van der Waals surface area contributed by atoms with Gasteiger partial charge in [-0.2, -0.15) is 5.10 Å². The highest BCUT2D eigenvalue weighted by molar-refractivity contribution is 6.04. The van der Waals surface area contributed by atoms with Gasteiger partial charge in [-0.15, -0.1) is 0 Å². The van der Waals surface area contributed by atoms with Crippen LogP contribution < -0.4 is 10.1 Å². The fourth-order valence-corrected chi connectivity index (χ4v) is 4.24. The topological polar surface area (TPSA) is 56.1 Å². The zero-order valence-electron chi connectivity index (χ0n) is 20.5. The smallest absolute Gasteiger partial charge is 0.255 e. The highest BCUT2D eigenvalue weighted by Gasteiger charge is 2.10. The summed E-state index contributed by atoms with van der Waals surface area (Å²) in [6.45, 7) is 5.36. The van der Waals surface area contributed by atoms with Gasteiger partial charge in [-0.05, 0) is 57.6 Å². The number of nitrogens with one attached hydrogen (secondary N) is 1. The predicted octanol–water partition coefficient (Wildman–Crippen LogP) is 7.04. The number of hydrogen-bond acceptors (Lipinski definition) is 3. The molecule has 1 N–H and O–H groups in total. The van der Waals surface area contributed by atoms with Gasteiger partial charge in [0.2, 0.25) is 0 Å². The number of amides is 1. The molecule has 5 aromatic rings. The molecule has 1 aromatic heterocycles. The SMILES string of the molecule is CC(C)c1ccc(OCc2cccc(C(=O)Nc3cnn(Cc4cccc5ccccc45)c3)c2)cc1. The average molecular weight is 476 g/mol. The van der Waals surface area contributed by atoms with Crippen molar-refractivity contribution in [3.8, 4) is 5.75 Å². The number of carbonyl (C=O) groups excluding carboxylic acids is 1. The maximum absolute atomic E-state index is 12.9. The number of anilines is 1. The van der Waals surface area contributed by atoms with Crippen LogP contribution >= 0.6 is 0 Å². The second-order valence-electron chi connectivity index (χ2n) is 9.23. The maximum Gasteiger partial charge on any atom is 0.255 e. The van der Waals surface area contributed by atoms with Crippen molar-refractivity contribution in [2.45, 2.75) is 32.9 Å². The molecule has 5 heteroatoms. The lowest BCUT2D eigenvalue weighted by Crippen LogP contribution is -2.12. The molecular weight excluding hydrogens is 446 g/mol. The van der Waals surface area contributed by atoms with E-state index in [1.165, 1.54) is 21.9 Å². The van der Waals surface area contributed by atoms with Gasteiger partial charge in [0.05, 0.1) is 18.4 Å². The fourth-order valence-electron chi connectivity index (χ4n) is 4.24. The molecule has 180 valence electrons. The van der Waals surface area contributed by atoms with Crippen LogP contribution in [-0.2, 0) is 13.2 Å². The van der Waals surface area contributed by atoms with E-state index in [1.54, 1.807) is 12.3 Å². The molecule has 0 fully saturated rings. The molecule has 4 aromatic carbocycles. The summed E-state index contributed by atoms with van der Waals surface area (Å²) in [7, 11) is 0. The number of fused-ring (bicyclic) bond motifs is 1. The third-order valence-electron chi connectivity index (χ3n) is 6.24. The third-order valence-corrected chi connectivity index (χ3v) is 6.24. The van der Waals surface area contributed by atoms with Gasteiger partial charge in [0, 0.05) is 11.8 Å². The molecule has 0 radical (unpaired) electrons. The Hall–Kier alpha value is -4.38. The van der Waals surface area contributed by atoms with E-state index in [4.69, 9.17) is 4.74 Å². The van der Waals surface area contributed by atoms with Crippen LogP contribution in [-0.4, -0.2) is 15.7 Å². The minimum Gasteiger partial charge on any atom is -0.489 e. The highest BCUT2D eigenvalue weighted by Crippen LogP contribution is 2.21. The minimum atomic E-state index is -0.178. The molecule has 1 heterocycles. The number of benzene rings is 4. The molecule has 0 aliphatic heterocycles. The molecule has 36 heavy (non-hydrogen) atoms. The first-order chi connectivity index (χ1) is 17.5. The van der Waals surface area contributed by atoms with Crippen LogP contribution in [0.2, 0.25) is 0 Å². The molecule has 0 aliphatic carbocycles. The molecule has 0 spiro atoms. The second kappa shape index (κ2) is 10.5. The Balaban J connectivity index is 1.21. The van der Waals surface area contributed by atoms with Crippen LogP contribution in [0, 0.1) is 0 Å². The van der Waals surface area contributed by atoms with E-state index >= 15 is 0 Å². The normalized spacial score (nSPS) is 11.1. The van der Waals surface area contributed by atoms with E-state index in [-0.39, 0.29) is 5.91 Å². The highest BCUT2D eigenvalue weighted by atomic mass is 16.5. The van der Waals surface area contributed by atoms with E-state index < -0.39 is 0 Å². The minimum absolute atomic E-state index is 0.178. The monoisotopic (exact) mass is 475 g/mol. The van der Waals surface area contributed by atoms with Crippen molar-refractivity contribution < 1.29 is 9.53 Å². The molecule has 0 aliphatic rings. The molecular formula is C31H29N3O2. The summed E-state index contributed by atoms with van der Waals surface area (Å²) in [5.41, 5.74) is 4.63. The molecule has 0 saturated carbocycles. The Bertz CT molecular complexity index is 1480. The van der Waals surface area contributed by atoms with Gasteiger partial charge in [0.25, 0.3) is 5.91 Å². The zero-order valence-corrected chi connectivity index (χ0v) is 20.5. The van der Waals surface area contributed by atoms with E-state index in [0.717, 1.165) is 11.3 Å². The lowest BCUT2D eigenvalue weighted by molar-refractivity contribution is 0.102. The molecule has 0 atom stereocenters. The summed E-state index contributed by atoms with van der Waals surface area (Å²) in [6.07, 6.45) is 3.53. The Morgan fingerprint density at radius 1 is 0.944 bits per heavy atom. The van der Waals surface area contributed by atoms with Crippen molar-refractivity contribution in [2.75, 3.05) is 5.32 Å². The molecule has 0 saturated heterocycles. The van der Waals surface area contributed by atoms with E-state index in [1.807, 2.05) is 53.3 Å².